The van der Waals surface area contributed by atoms with Gasteiger partial charge in [0.05, 0.1) is 24.4 Å². The zero-order chi connectivity index (χ0) is 35.7. The maximum absolute atomic E-state index is 13.2. The van der Waals surface area contributed by atoms with Crippen molar-refractivity contribution in [1.29, 1.82) is 0 Å². The number of rotatable bonds is 15. The first-order valence-electron chi connectivity index (χ1n) is 16.0. The molecule has 0 N–H and O–H groups in total. The monoisotopic (exact) mass is 674 g/mol. The zero-order valence-electron chi connectivity index (χ0n) is 30.2. The fraction of sp³-hybridized carbons (Fsp3) is 0.848. The minimum atomic E-state index is -1.86. The van der Waals surface area contributed by atoms with E-state index in [9.17, 15) is 24.0 Å². The lowest BCUT2D eigenvalue weighted by Gasteiger charge is -2.44. The minimum absolute atomic E-state index is 0.100. The van der Waals surface area contributed by atoms with Crippen molar-refractivity contribution in [3.05, 3.63) is 0 Å². The molecule has 0 aliphatic carbocycles. The lowest BCUT2D eigenvalue weighted by atomic mass is 9.93. The molecule has 0 saturated carbocycles. The number of esters is 4. The molecular weight excluding hydrogens is 616 g/mol. The molecule has 46 heavy (non-hydrogen) atoms. The second-order valence-corrected chi connectivity index (χ2v) is 20.2. The molecule has 1 fully saturated rings. The number of carbonyl (C=O) groups excluding carboxylic acids is 5. The molecule has 12 nitrogen and oxygen atoms in total. The van der Waals surface area contributed by atoms with E-state index in [-0.39, 0.29) is 30.3 Å². The van der Waals surface area contributed by atoms with Crippen LogP contribution in [0, 0.1) is 10.8 Å². The van der Waals surface area contributed by atoms with Crippen molar-refractivity contribution in [1.82, 2.24) is 0 Å². The number of Topliss-reactive ketones (excluding diaryl/α,β-unsaturated/α-hetero) is 1. The molecule has 1 aliphatic heterocycles. The molecule has 0 spiro atoms. The lowest BCUT2D eigenvalue weighted by Crippen LogP contribution is -2.64. The number of carbonyl (C=O) groups is 5. The standard InChI is InChI=1S/C33H58O12Si/c1-21(34)17-18-22(35)42-23-24(44-29(37)31(2,3)4)26(45-30(38)32(5,6)7)28(43-25(23)27(36)39-11)40-19-15-14-16-20-41-46(12,13)33(8,9)10/h23-26,28H,14-20H2,1-13H3/t23-,24-,25-,26+,28+/m0/s1. The van der Waals surface area contributed by atoms with Crippen molar-refractivity contribution in [2.24, 2.45) is 10.8 Å². The number of ether oxygens (including phenoxy) is 6. The second kappa shape index (κ2) is 17.2. The van der Waals surface area contributed by atoms with Gasteiger partial charge in [0.25, 0.3) is 0 Å². The largest absolute Gasteiger partial charge is 0.467 e. The summed E-state index contributed by atoms with van der Waals surface area (Å²) in [6, 6.07) is 0. The van der Waals surface area contributed by atoms with Crippen molar-refractivity contribution >= 4 is 38.0 Å². The fourth-order valence-corrected chi connectivity index (χ4v) is 4.94. The molecule has 0 aromatic rings. The van der Waals surface area contributed by atoms with Crippen molar-refractivity contribution in [3.8, 4) is 0 Å². The molecule has 0 bridgehead atoms. The van der Waals surface area contributed by atoms with Crippen molar-refractivity contribution in [2.75, 3.05) is 20.3 Å². The van der Waals surface area contributed by atoms with E-state index in [0.29, 0.717) is 13.0 Å². The molecule has 0 unspecified atom stereocenters. The Balaban J connectivity index is 3.34. The summed E-state index contributed by atoms with van der Waals surface area (Å²) in [6.07, 6.45) is -5.65. The number of methoxy groups -OCH3 is 1. The summed E-state index contributed by atoms with van der Waals surface area (Å²) in [5, 5.41) is 0.108. The van der Waals surface area contributed by atoms with Crippen LogP contribution in [-0.2, 0) is 56.8 Å². The van der Waals surface area contributed by atoms with Gasteiger partial charge in [-0.1, -0.05) is 20.8 Å². The Bertz CT molecular complexity index is 1050. The topological polar surface area (TPSA) is 150 Å². The van der Waals surface area contributed by atoms with Gasteiger partial charge < -0.3 is 37.6 Å². The summed E-state index contributed by atoms with van der Waals surface area (Å²) in [7, 11) is -0.736. The summed E-state index contributed by atoms with van der Waals surface area (Å²) in [4.78, 5) is 63.7. The predicted molar refractivity (Wildman–Crippen MR) is 172 cm³/mol. The molecule has 1 rings (SSSR count). The number of hydrogen-bond acceptors (Lipinski definition) is 12. The van der Waals surface area contributed by atoms with Gasteiger partial charge in [0.2, 0.25) is 0 Å². The highest BCUT2D eigenvalue weighted by atomic mass is 28.4. The van der Waals surface area contributed by atoms with E-state index in [4.69, 9.17) is 32.8 Å². The zero-order valence-corrected chi connectivity index (χ0v) is 31.2. The van der Waals surface area contributed by atoms with Crippen LogP contribution in [0.1, 0.15) is 101 Å². The molecular formula is C33H58O12Si. The first-order valence-corrected chi connectivity index (χ1v) is 18.9. The number of ketones is 1. The Morgan fingerprint density at radius 3 is 1.70 bits per heavy atom. The van der Waals surface area contributed by atoms with E-state index < -0.39 is 73.7 Å². The minimum Gasteiger partial charge on any atom is -0.467 e. The molecule has 266 valence electrons. The molecule has 5 atom stereocenters. The first kappa shape index (κ1) is 41.7. The van der Waals surface area contributed by atoms with E-state index in [1.54, 1.807) is 41.5 Å². The van der Waals surface area contributed by atoms with Crippen LogP contribution in [0.25, 0.3) is 0 Å². The van der Waals surface area contributed by atoms with Gasteiger partial charge in [0, 0.05) is 19.6 Å². The molecule has 1 saturated heterocycles. The highest BCUT2D eigenvalue weighted by molar-refractivity contribution is 6.74. The van der Waals surface area contributed by atoms with E-state index >= 15 is 0 Å². The maximum atomic E-state index is 13.2. The van der Waals surface area contributed by atoms with E-state index in [0.717, 1.165) is 20.0 Å². The van der Waals surface area contributed by atoms with Gasteiger partial charge in [-0.05, 0) is 85.9 Å². The van der Waals surface area contributed by atoms with Crippen LogP contribution in [-0.4, -0.2) is 89.0 Å². The van der Waals surface area contributed by atoms with Gasteiger partial charge in [-0.3, -0.25) is 14.4 Å². The van der Waals surface area contributed by atoms with Crippen molar-refractivity contribution in [2.45, 2.75) is 150 Å². The van der Waals surface area contributed by atoms with Crippen LogP contribution in [0.3, 0.4) is 0 Å². The van der Waals surface area contributed by atoms with E-state index in [1.807, 2.05) is 0 Å². The molecule has 13 heteroatoms. The van der Waals surface area contributed by atoms with Crippen molar-refractivity contribution < 1.29 is 56.8 Å². The summed E-state index contributed by atoms with van der Waals surface area (Å²) in [6.45, 7) is 22.9. The van der Waals surface area contributed by atoms with Crippen LogP contribution < -0.4 is 0 Å². The Hall–Kier alpha value is -2.35. The summed E-state index contributed by atoms with van der Waals surface area (Å²) in [5.74, 6) is -3.36. The fourth-order valence-electron chi connectivity index (χ4n) is 3.85. The molecule has 0 radical (unpaired) electrons. The molecule has 0 aromatic carbocycles. The van der Waals surface area contributed by atoms with Crippen LogP contribution in [0.5, 0.6) is 0 Å². The highest BCUT2D eigenvalue weighted by Crippen LogP contribution is 2.37. The molecule has 1 aliphatic rings. The Kier molecular flexibility index (Phi) is 15.5. The third kappa shape index (κ3) is 13.0. The van der Waals surface area contributed by atoms with Gasteiger partial charge >= 0.3 is 23.9 Å². The van der Waals surface area contributed by atoms with Gasteiger partial charge in [-0.2, -0.15) is 0 Å². The van der Waals surface area contributed by atoms with Gasteiger partial charge in [-0.25, -0.2) is 4.79 Å². The van der Waals surface area contributed by atoms with Gasteiger partial charge in [0.1, 0.15) is 5.78 Å². The quantitative estimate of drug-likeness (QED) is 0.0961. The Morgan fingerprint density at radius 1 is 0.696 bits per heavy atom. The number of unbranched alkanes of at least 4 members (excludes halogenated alkanes) is 2. The van der Waals surface area contributed by atoms with Gasteiger partial charge in [0.15, 0.2) is 39.0 Å². The number of hydrogen-bond donors (Lipinski definition) is 0. The average molecular weight is 675 g/mol. The smallest absolute Gasteiger partial charge is 0.339 e. The van der Waals surface area contributed by atoms with Crippen molar-refractivity contribution in [3.63, 3.8) is 0 Å². The second-order valence-electron chi connectivity index (χ2n) is 15.4. The van der Waals surface area contributed by atoms with E-state index in [1.165, 1.54) is 6.92 Å². The molecule has 0 aromatic heterocycles. The van der Waals surface area contributed by atoms with Crippen LogP contribution >= 0.6 is 0 Å². The first-order chi connectivity index (χ1) is 20.9. The summed E-state index contributed by atoms with van der Waals surface area (Å²) >= 11 is 0. The molecule has 1 heterocycles. The SMILES string of the molecule is COC(=O)[C@H]1O[C@@H](OCCCCCO[Si](C)(C)C(C)(C)C)[C@H](OC(=O)C(C)(C)C)[C@@H](OC(=O)C(C)(C)C)[C@@H]1OC(=O)CCC(C)=O. The van der Waals surface area contributed by atoms with Crippen LogP contribution in [0.4, 0.5) is 0 Å². The maximum Gasteiger partial charge on any atom is 0.339 e. The van der Waals surface area contributed by atoms with Gasteiger partial charge in [-0.15, -0.1) is 0 Å². The van der Waals surface area contributed by atoms with Crippen LogP contribution in [0.2, 0.25) is 18.1 Å². The average Bonchev–Trinajstić information content (AvgIpc) is 2.91. The lowest BCUT2D eigenvalue weighted by molar-refractivity contribution is -0.304. The molecule has 0 amide bonds. The Morgan fingerprint density at radius 2 is 1.22 bits per heavy atom. The van der Waals surface area contributed by atoms with Crippen LogP contribution in [0.15, 0.2) is 0 Å². The summed E-state index contributed by atoms with van der Waals surface area (Å²) < 4.78 is 40.5. The highest BCUT2D eigenvalue weighted by Gasteiger charge is 2.56. The summed E-state index contributed by atoms with van der Waals surface area (Å²) in [5.41, 5.74) is -1.98. The Labute approximate surface area is 276 Å². The third-order valence-corrected chi connectivity index (χ3v) is 12.5. The van der Waals surface area contributed by atoms with E-state index in [2.05, 4.69) is 33.9 Å². The predicted octanol–water partition coefficient (Wildman–Crippen LogP) is 5.29. The third-order valence-electron chi connectivity index (χ3n) is 7.93. The normalized spacial score (nSPS) is 22.5.